The zero-order valence-corrected chi connectivity index (χ0v) is 12.6. The molecule has 1 aliphatic heterocycles. The van der Waals surface area contributed by atoms with E-state index in [1.54, 1.807) is 0 Å². The van der Waals surface area contributed by atoms with Crippen molar-refractivity contribution in [2.45, 2.75) is 77.0 Å². The number of hydrogen-bond acceptors (Lipinski definition) is 3. The van der Waals surface area contributed by atoms with Crippen LogP contribution >= 0.6 is 0 Å². The van der Waals surface area contributed by atoms with Gasteiger partial charge >= 0.3 is 12.1 Å². The second kappa shape index (κ2) is 5.62. The van der Waals surface area contributed by atoms with Crippen LogP contribution in [-0.4, -0.2) is 39.8 Å². The van der Waals surface area contributed by atoms with Gasteiger partial charge in [-0.05, 0) is 52.4 Å². The third kappa shape index (κ3) is 3.25. The van der Waals surface area contributed by atoms with Gasteiger partial charge in [-0.15, -0.1) is 0 Å². The molecule has 1 saturated heterocycles. The monoisotopic (exact) mass is 283 g/mol. The molecule has 2 rings (SSSR count). The Morgan fingerprint density at radius 2 is 1.75 bits per heavy atom. The molecule has 5 nitrogen and oxygen atoms in total. The first kappa shape index (κ1) is 15.1. The summed E-state index contributed by atoms with van der Waals surface area (Å²) in [5, 5.41) is 9.40. The minimum atomic E-state index is -0.917. The Balaban J connectivity index is 2.20. The summed E-state index contributed by atoms with van der Waals surface area (Å²) >= 11 is 0. The number of rotatable bonds is 1. The molecule has 1 N–H and O–H groups in total. The van der Waals surface area contributed by atoms with Gasteiger partial charge in [0.25, 0.3) is 0 Å². The van der Waals surface area contributed by atoms with Gasteiger partial charge < -0.3 is 9.84 Å². The van der Waals surface area contributed by atoms with Crippen molar-refractivity contribution in [3.63, 3.8) is 0 Å². The van der Waals surface area contributed by atoms with E-state index in [0.717, 1.165) is 25.7 Å². The molecule has 114 valence electrons. The highest BCUT2D eigenvalue weighted by Gasteiger charge is 2.45. The standard InChI is InChI=1S/C15H25NO4/c1-15(2,3)20-14(19)16-11-7-5-4-6-10(11)8-9-12(16)13(17)18/h10-12H,4-9H2,1-3H3,(H,17,18)/t10-,11+,12-/m0/s1. The maximum atomic E-state index is 12.4. The lowest BCUT2D eigenvalue weighted by molar-refractivity contribution is -0.147. The van der Waals surface area contributed by atoms with Crippen LogP contribution in [0.15, 0.2) is 0 Å². The maximum absolute atomic E-state index is 12.4. The number of carbonyl (C=O) groups is 2. The summed E-state index contributed by atoms with van der Waals surface area (Å²) in [5.41, 5.74) is -0.595. The van der Waals surface area contributed by atoms with Gasteiger partial charge in [0, 0.05) is 6.04 Å². The lowest BCUT2D eigenvalue weighted by atomic mass is 9.76. The summed E-state index contributed by atoms with van der Waals surface area (Å²) < 4.78 is 5.43. The molecule has 0 radical (unpaired) electrons. The van der Waals surface area contributed by atoms with E-state index in [1.165, 1.54) is 11.3 Å². The Morgan fingerprint density at radius 3 is 2.35 bits per heavy atom. The van der Waals surface area contributed by atoms with Crippen LogP contribution in [0.4, 0.5) is 4.79 Å². The fourth-order valence-electron chi connectivity index (χ4n) is 3.45. The van der Waals surface area contributed by atoms with Gasteiger partial charge in [0.15, 0.2) is 0 Å². The van der Waals surface area contributed by atoms with Crippen molar-refractivity contribution >= 4 is 12.1 Å². The van der Waals surface area contributed by atoms with Crippen LogP contribution in [0.1, 0.15) is 59.3 Å². The molecule has 0 bridgehead atoms. The first-order valence-corrected chi connectivity index (χ1v) is 7.54. The Kier molecular flexibility index (Phi) is 4.25. The van der Waals surface area contributed by atoms with E-state index in [2.05, 4.69) is 0 Å². The van der Waals surface area contributed by atoms with E-state index in [1.807, 2.05) is 20.8 Å². The largest absolute Gasteiger partial charge is 0.480 e. The highest BCUT2D eigenvalue weighted by atomic mass is 16.6. The van der Waals surface area contributed by atoms with Crippen LogP contribution in [0.5, 0.6) is 0 Å². The molecule has 1 saturated carbocycles. The molecular weight excluding hydrogens is 258 g/mol. The zero-order chi connectivity index (χ0) is 14.9. The molecule has 20 heavy (non-hydrogen) atoms. The number of carboxylic acid groups (broad SMARTS) is 1. The van der Waals surface area contributed by atoms with Gasteiger partial charge in [0.1, 0.15) is 11.6 Å². The van der Waals surface area contributed by atoms with E-state index in [0.29, 0.717) is 12.3 Å². The molecule has 1 amide bonds. The molecule has 2 fully saturated rings. The van der Waals surface area contributed by atoms with Crippen molar-refractivity contribution in [3.05, 3.63) is 0 Å². The maximum Gasteiger partial charge on any atom is 0.411 e. The molecule has 0 aromatic carbocycles. The van der Waals surface area contributed by atoms with Crippen molar-refractivity contribution in [2.24, 2.45) is 5.92 Å². The number of nitrogens with zero attached hydrogens (tertiary/aromatic N) is 1. The van der Waals surface area contributed by atoms with E-state index in [-0.39, 0.29) is 6.04 Å². The van der Waals surface area contributed by atoms with Crippen LogP contribution in [0, 0.1) is 5.92 Å². The zero-order valence-electron chi connectivity index (χ0n) is 12.6. The normalized spacial score (nSPS) is 30.6. The number of aliphatic carboxylic acids is 1. The summed E-state index contributed by atoms with van der Waals surface area (Å²) in [5.74, 6) is -0.480. The smallest absolute Gasteiger partial charge is 0.411 e. The Bertz CT molecular complexity index is 388. The third-order valence-corrected chi connectivity index (χ3v) is 4.26. The summed E-state index contributed by atoms with van der Waals surface area (Å²) in [6, 6.07) is -0.697. The molecular formula is C15H25NO4. The average molecular weight is 283 g/mol. The SMILES string of the molecule is CC(C)(C)OC(=O)N1[C@@H]2CCCC[C@H]2CC[C@H]1C(=O)O. The first-order valence-electron chi connectivity index (χ1n) is 7.54. The van der Waals surface area contributed by atoms with Crippen molar-refractivity contribution in [1.82, 2.24) is 4.90 Å². The van der Waals surface area contributed by atoms with Gasteiger partial charge in [0.05, 0.1) is 0 Å². The van der Waals surface area contributed by atoms with Crippen LogP contribution in [0.2, 0.25) is 0 Å². The number of ether oxygens (including phenoxy) is 1. The molecule has 0 spiro atoms. The van der Waals surface area contributed by atoms with E-state index in [9.17, 15) is 14.7 Å². The predicted octanol–water partition coefficient (Wildman–Crippen LogP) is 3.03. The second-order valence-corrected chi connectivity index (χ2v) is 6.93. The lowest BCUT2D eigenvalue weighted by Crippen LogP contribution is -2.58. The molecule has 1 aliphatic carbocycles. The Hall–Kier alpha value is -1.26. The highest BCUT2D eigenvalue weighted by Crippen LogP contribution is 2.38. The summed E-state index contributed by atoms with van der Waals surface area (Å²) in [6.07, 6.45) is 5.20. The third-order valence-electron chi connectivity index (χ3n) is 4.26. The Morgan fingerprint density at radius 1 is 1.10 bits per heavy atom. The van der Waals surface area contributed by atoms with Crippen LogP contribution in [0.3, 0.4) is 0 Å². The first-order chi connectivity index (χ1) is 9.29. The molecule has 5 heteroatoms. The van der Waals surface area contributed by atoms with Gasteiger partial charge in [-0.2, -0.15) is 0 Å². The number of hydrogen-bond donors (Lipinski definition) is 1. The van der Waals surface area contributed by atoms with E-state index < -0.39 is 23.7 Å². The molecule has 0 unspecified atom stereocenters. The van der Waals surface area contributed by atoms with Gasteiger partial charge in [-0.1, -0.05) is 12.8 Å². The van der Waals surface area contributed by atoms with Gasteiger partial charge in [-0.3, -0.25) is 4.90 Å². The highest BCUT2D eigenvalue weighted by molar-refractivity contribution is 5.80. The summed E-state index contributed by atoms with van der Waals surface area (Å²) in [4.78, 5) is 25.4. The quantitative estimate of drug-likeness (QED) is 0.803. The number of likely N-dealkylation sites (tertiary alicyclic amines) is 1. The number of carbonyl (C=O) groups excluding carboxylic acids is 1. The van der Waals surface area contributed by atoms with Crippen LogP contribution < -0.4 is 0 Å². The average Bonchev–Trinajstić information content (AvgIpc) is 2.35. The molecule has 1 heterocycles. The number of carboxylic acids is 1. The van der Waals surface area contributed by atoms with E-state index in [4.69, 9.17) is 4.74 Å². The van der Waals surface area contributed by atoms with Crippen molar-refractivity contribution in [3.8, 4) is 0 Å². The molecule has 0 aromatic heterocycles. The summed E-state index contributed by atoms with van der Waals surface area (Å²) in [6.45, 7) is 5.43. The Labute approximate surface area is 120 Å². The predicted molar refractivity (Wildman–Crippen MR) is 74.5 cm³/mol. The minimum Gasteiger partial charge on any atom is -0.480 e. The van der Waals surface area contributed by atoms with Crippen molar-refractivity contribution < 1.29 is 19.4 Å². The van der Waals surface area contributed by atoms with Crippen LogP contribution in [-0.2, 0) is 9.53 Å². The fraction of sp³-hybridized carbons (Fsp3) is 0.867. The van der Waals surface area contributed by atoms with Gasteiger partial charge in [-0.25, -0.2) is 9.59 Å². The number of piperidine rings is 1. The van der Waals surface area contributed by atoms with Crippen molar-refractivity contribution in [1.29, 1.82) is 0 Å². The molecule has 2 aliphatic rings. The number of amides is 1. The lowest BCUT2D eigenvalue weighted by Gasteiger charge is -2.46. The second-order valence-electron chi connectivity index (χ2n) is 6.93. The minimum absolute atomic E-state index is 0.0356. The topological polar surface area (TPSA) is 66.8 Å². The fourth-order valence-corrected chi connectivity index (χ4v) is 3.45. The molecule has 3 atom stereocenters. The number of fused-ring (bicyclic) bond motifs is 1. The van der Waals surface area contributed by atoms with Crippen molar-refractivity contribution in [2.75, 3.05) is 0 Å². The van der Waals surface area contributed by atoms with Gasteiger partial charge in [0.2, 0.25) is 0 Å². The summed E-state index contributed by atoms with van der Waals surface area (Å²) in [7, 11) is 0. The molecule has 0 aromatic rings. The van der Waals surface area contributed by atoms with E-state index >= 15 is 0 Å². The van der Waals surface area contributed by atoms with Crippen LogP contribution in [0.25, 0.3) is 0 Å².